The molecule has 0 saturated heterocycles. The number of hydrogen-bond donors (Lipinski definition) is 0. The first-order chi connectivity index (χ1) is 6.45. The lowest BCUT2D eigenvalue weighted by Gasteiger charge is -2.16. The van der Waals surface area contributed by atoms with Gasteiger partial charge in [-0.2, -0.15) is 5.10 Å². The van der Waals surface area contributed by atoms with Crippen LogP contribution in [0, 0.1) is 0 Å². The molecule has 0 N–H and O–H groups in total. The molecule has 2 nitrogen and oxygen atoms in total. The van der Waals surface area contributed by atoms with Gasteiger partial charge in [-0.3, -0.25) is 0 Å². The van der Waals surface area contributed by atoms with Crippen LogP contribution in [-0.4, -0.2) is 9.61 Å². The zero-order valence-electron chi connectivity index (χ0n) is 7.53. The molecular formula is C11H12N2. The summed E-state index contributed by atoms with van der Waals surface area (Å²) in [5.41, 5.74) is 4.14. The summed E-state index contributed by atoms with van der Waals surface area (Å²) in [7, 11) is 0. The standard InChI is InChI=1S/C11H12N2/c1-2-4-11-9(3-1)5-6-10-7-8-12-13(10)11/h5-8H,1-4H2. The van der Waals surface area contributed by atoms with E-state index in [0.717, 1.165) is 0 Å². The van der Waals surface area contributed by atoms with Crippen LogP contribution in [0.2, 0.25) is 0 Å². The summed E-state index contributed by atoms with van der Waals surface area (Å²) in [4.78, 5) is 0. The van der Waals surface area contributed by atoms with Gasteiger partial charge in [-0.15, -0.1) is 0 Å². The minimum Gasteiger partial charge on any atom is -0.238 e. The van der Waals surface area contributed by atoms with Crippen molar-refractivity contribution in [2.45, 2.75) is 25.7 Å². The number of nitrogens with zero attached hydrogens (tertiary/aromatic N) is 2. The average Bonchev–Trinajstić information content (AvgIpc) is 2.65. The molecule has 2 heterocycles. The Balaban J connectivity index is 2.34. The molecule has 66 valence electrons. The first kappa shape index (κ1) is 7.13. The van der Waals surface area contributed by atoms with E-state index < -0.39 is 0 Å². The molecule has 0 amide bonds. The van der Waals surface area contributed by atoms with Gasteiger partial charge in [0.15, 0.2) is 0 Å². The van der Waals surface area contributed by atoms with Gasteiger partial charge in [0.25, 0.3) is 0 Å². The van der Waals surface area contributed by atoms with Crippen molar-refractivity contribution in [2.24, 2.45) is 0 Å². The molecule has 2 aromatic rings. The Morgan fingerprint density at radius 3 is 3.00 bits per heavy atom. The lowest BCUT2D eigenvalue weighted by Crippen LogP contribution is -2.08. The topological polar surface area (TPSA) is 17.3 Å². The van der Waals surface area contributed by atoms with E-state index in [0.29, 0.717) is 0 Å². The molecule has 0 spiro atoms. The number of aryl methyl sites for hydroxylation is 2. The van der Waals surface area contributed by atoms with Crippen LogP contribution in [0.15, 0.2) is 24.4 Å². The number of aromatic nitrogens is 2. The summed E-state index contributed by atoms with van der Waals surface area (Å²) < 4.78 is 2.09. The van der Waals surface area contributed by atoms with Gasteiger partial charge in [0.1, 0.15) is 0 Å². The maximum absolute atomic E-state index is 4.35. The van der Waals surface area contributed by atoms with Gasteiger partial charge in [0.2, 0.25) is 0 Å². The fraction of sp³-hybridized carbons (Fsp3) is 0.364. The molecule has 0 aliphatic heterocycles. The second-order valence-electron chi connectivity index (χ2n) is 3.68. The van der Waals surface area contributed by atoms with Gasteiger partial charge in [-0.05, 0) is 43.4 Å². The van der Waals surface area contributed by atoms with Crippen molar-refractivity contribution < 1.29 is 0 Å². The van der Waals surface area contributed by atoms with E-state index >= 15 is 0 Å². The molecule has 0 saturated carbocycles. The van der Waals surface area contributed by atoms with Crippen LogP contribution in [0.1, 0.15) is 24.1 Å². The molecule has 0 radical (unpaired) electrons. The Morgan fingerprint density at radius 1 is 1.08 bits per heavy atom. The number of pyridine rings is 1. The SMILES string of the molecule is c1cc2ccc3c(n2n1)CCCC3. The van der Waals surface area contributed by atoms with Crippen LogP contribution in [-0.2, 0) is 12.8 Å². The van der Waals surface area contributed by atoms with E-state index in [4.69, 9.17) is 0 Å². The maximum Gasteiger partial charge on any atom is 0.0664 e. The van der Waals surface area contributed by atoms with E-state index in [9.17, 15) is 0 Å². The van der Waals surface area contributed by atoms with Crippen molar-refractivity contribution in [1.29, 1.82) is 0 Å². The first-order valence-corrected chi connectivity index (χ1v) is 4.90. The molecule has 3 rings (SSSR count). The zero-order valence-corrected chi connectivity index (χ0v) is 7.53. The highest BCUT2D eigenvalue weighted by atomic mass is 15.2. The highest BCUT2D eigenvalue weighted by Gasteiger charge is 2.12. The number of fused-ring (bicyclic) bond motifs is 3. The number of hydrogen-bond acceptors (Lipinski definition) is 1. The second kappa shape index (κ2) is 2.59. The van der Waals surface area contributed by atoms with Crippen molar-refractivity contribution in [1.82, 2.24) is 9.61 Å². The van der Waals surface area contributed by atoms with Gasteiger partial charge < -0.3 is 0 Å². The van der Waals surface area contributed by atoms with E-state index in [2.05, 4.69) is 27.8 Å². The van der Waals surface area contributed by atoms with E-state index in [1.54, 1.807) is 0 Å². The first-order valence-electron chi connectivity index (χ1n) is 4.90. The van der Waals surface area contributed by atoms with Crippen molar-refractivity contribution in [2.75, 3.05) is 0 Å². The fourth-order valence-electron chi connectivity index (χ4n) is 2.19. The van der Waals surface area contributed by atoms with Gasteiger partial charge in [0, 0.05) is 11.9 Å². The molecule has 0 unspecified atom stereocenters. The van der Waals surface area contributed by atoms with Gasteiger partial charge >= 0.3 is 0 Å². The summed E-state index contributed by atoms with van der Waals surface area (Å²) in [6.07, 6.45) is 6.94. The summed E-state index contributed by atoms with van der Waals surface area (Å²) in [6.45, 7) is 0. The fourth-order valence-corrected chi connectivity index (χ4v) is 2.19. The highest BCUT2D eigenvalue weighted by molar-refractivity contribution is 5.48. The molecule has 0 bridgehead atoms. The summed E-state index contributed by atoms with van der Waals surface area (Å²) in [5.74, 6) is 0. The van der Waals surface area contributed by atoms with Crippen LogP contribution in [0.25, 0.3) is 5.52 Å². The van der Waals surface area contributed by atoms with Crippen LogP contribution in [0.5, 0.6) is 0 Å². The molecule has 1 aliphatic rings. The Hall–Kier alpha value is -1.31. The van der Waals surface area contributed by atoms with Crippen molar-refractivity contribution in [3.63, 3.8) is 0 Å². The predicted molar refractivity (Wildman–Crippen MR) is 51.8 cm³/mol. The third kappa shape index (κ3) is 0.981. The molecule has 2 aromatic heterocycles. The maximum atomic E-state index is 4.35. The van der Waals surface area contributed by atoms with Crippen molar-refractivity contribution >= 4 is 5.52 Å². The van der Waals surface area contributed by atoms with Crippen LogP contribution in [0.4, 0.5) is 0 Å². The molecule has 0 aromatic carbocycles. The molecular weight excluding hydrogens is 160 g/mol. The predicted octanol–water partition coefficient (Wildman–Crippen LogP) is 2.21. The summed E-state index contributed by atoms with van der Waals surface area (Å²) >= 11 is 0. The third-order valence-electron chi connectivity index (χ3n) is 2.86. The molecule has 2 heteroatoms. The molecule has 0 atom stereocenters. The highest BCUT2D eigenvalue weighted by Crippen LogP contribution is 2.21. The van der Waals surface area contributed by atoms with Crippen molar-refractivity contribution in [3.05, 3.63) is 35.7 Å². The van der Waals surface area contributed by atoms with Gasteiger partial charge in [-0.1, -0.05) is 6.07 Å². The quantitative estimate of drug-likeness (QED) is 0.595. The molecule has 0 fully saturated rings. The van der Waals surface area contributed by atoms with Gasteiger partial charge in [0.05, 0.1) is 5.52 Å². The molecule has 13 heavy (non-hydrogen) atoms. The van der Waals surface area contributed by atoms with Crippen LogP contribution in [0.3, 0.4) is 0 Å². The number of rotatable bonds is 0. The van der Waals surface area contributed by atoms with E-state index in [1.807, 2.05) is 6.20 Å². The second-order valence-corrected chi connectivity index (χ2v) is 3.68. The molecule has 1 aliphatic carbocycles. The van der Waals surface area contributed by atoms with Gasteiger partial charge in [-0.25, -0.2) is 4.52 Å². The van der Waals surface area contributed by atoms with E-state index in [-0.39, 0.29) is 0 Å². The smallest absolute Gasteiger partial charge is 0.0664 e. The zero-order chi connectivity index (χ0) is 8.67. The Labute approximate surface area is 77.2 Å². The largest absolute Gasteiger partial charge is 0.238 e. The summed E-state index contributed by atoms with van der Waals surface area (Å²) in [5, 5.41) is 4.35. The summed E-state index contributed by atoms with van der Waals surface area (Å²) in [6, 6.07) is 6.48. The van der Waals surface area contributed by atoms with Crippen LogP contribution >= 0.6 is 0 Å². The van der Waals surface area contributed by atoms with Crippen molar-refractivity contribution in [3.8, 4) is 0 Å². The normalized spacial score (nSPS) is 16.0. The average molecular weight is 172 g/mol. The van der Waals surface area contributed by atoms with E-state index in [1.165, 1.54) is 42.5 Å². The Morgan fingerprint density at radius 2 is 2.00 bits per heavy atom. The lowest BCUT2D eigenvalue weighted by molar-refractivity contribution is 0.646. The minimum absolute atomic E-state index is 1.19. The Bertz CT molecular complexity index is 442. The third-order valence-corrected chi connectivity index (χ3v) is 2.86. The lowest BCUT2D eigenvalue weighted by atomic mass is 9.96. The monoisotopic (exact) mass is 172 g/mol. The minimum atomic E-state index is 1.19. The Kier molecular flexibility index (Phi) is 1.42. The van der Waals surface area contributed by atoms with Crippen LogP contribution < -0.4 is 0 Å².